The van der Waals surface area contributed by atoms with Gasteiger partial charge < -0.3 is 34.5 Å². The highest BCUT2D eigenvalue weighted by atomic mass is 32.2. The Bertz CT molecular complexity index is 2170. The number of pyridine rings is 1. The maximum Gasteiger partial charge on any atom is 0.427 e. The van der Waals surface area contributed by atoms with E-state index >= 15 is 0 Å². The number of alkyl halides is 3. The van der Waals surface area contributed by atoms with Crippen LogP contribution in [0, 0.1) is 17.8 Å². The van der Waals surface area contributed by atoms with Gasteiger partial charge in [-0.3, -0.25) is 19.1 Å². The number of alkyl carbamates (subject to hydrolysis) is 1. The van der Waals surface area contributed by atoms with E-state index in [-0.39, 0.29) is 49.6 Å². The topological polar surface area (TPSA) is 217 Å². The van der Waals surface area contributed by atoms with Crippen molar-refractivity contribution >= 4 is 44.9 Å². The first-order valence-electron chi connectivity index (χ1n) is 20.5. The van der Waals surface area contributed by atoms with Crippen LogP contribution in [0.5, 0.6) is 17.6 Å². The number of methoxy groups -OCH3 is 1. The maximum atomic E-state index is 15.0. The number of rotatable bonds is 11. The van der Waals surface area contributed by atoms with Gasteiger partial charge in [0, 0.05) is 18.4 Å². The minimum Gasteiger partial charge on any atom is -0.481 e. The van der Waals surface area contributed by atoms with Crippen LogP contribution in [-0.2, 0) is 29.1 Å². The molecule has 2 aromatic rings. The zero-order chi connectivity index (χ0) is 44.7. The molecule has 0 aromatic carbocycles. The van der Waals surface area contributed by atoms with E-state index in [4.69, 9.17) is 18.9 Å². The average Bonchev–Trinajstić information content (AvgIpc) is 4.07. The van der Waals surface area contributed by atoms with Gasteiger partial charge in [0.15, 0.2) is 0 Å². The molecule has 0 radical (unpaired) electrons. The molecular formula is C40H54F3N7O10S. The van der Waals surface area contributed by atoms with Gasteiger partial charge in [-0.2, -0.15) is 13.2 Å². The summed E-state index contributed by atoms with van der Waals surface area (Å²) in [5, 5.41) is 5.20. The number of hydrogen-bond acceptors (Lipinski definition) is 13. The minimum absolute atomic E-state index is 0.00751. The van der Waals surface area contributed by atoms with Crippen LogP contribution in [0.25, 0.3) is 11.0 Å². The lowest BCUT2D eigenvalue weighted by molar-refractivity contribution is -0.244. The fourth-order valence-corrected chi connectivity index (χ4v) is 9.06. The number of nitrogens with one attached hydrogen (secondary N) is 3. The summed E-state index contributed by atoms with van der Waals surface area (Å²) in [5.74, 6) is -3.61. The first-order valence-corrected chi connectivity index (χ1v) is 22.0. The van der Waals surface area contributed by atoms with Crippen LogP contribution in [0.4, 0.5) is 18.0 Å². The van der Waals surface area contributed by atoms with E-state index in [1.807, 2.05) is 13.0 Å². The highest BCUT2D eigenvalue weighted by Crippen LogP contribution is 2.48. The highest BCUT2D eigenvalue weighted by Gasteiger charge is 2.63. The van der Waals surface area contributed by atoms with Crippen molar-refractivity contribution < 1.29 is 59.7 Å². The number of carbonyl (C=O) groups excluding carboxylic acids is 4. The van der Waals surface area contributed by atoms with Crippen molar-refractivity contribution in [3.05, 3.63) is 24.4 Å². The van der Waals surface area contributed by atoms with Crippen molar-refractivity contribution in [2.75, 3.05) is 20.3 Å². The van der Waals surface area contributed by atoms with E-state index in [0.29, 0.717) is 63.4 Å². The molecule has 0 spiro atoms. The Morgan fingerprint density at radius 2 is 1.79 bits per heavy atom. The minimum atomic E-state index is -4.93. The van der Waals surface area contributed by atoms with Crippen molar-refractivity contribution in [1.82, 2.24) is 35.2 Å². The third-order valence-corrected chi connectivity index (χ3v) is 14.3. The molecule has 0 bridgehead atoms. The molecule has 7 atom stereocenters. The largest absolute Gasteiger partial charge is 0.481 e. The molecule has 2 saturated carbocycles. The van der Waals surface area contributed by atoms with Crippen molar-refractivity contribution in [2.45, 2.75) is 133 Å². The monoisotopic (exact) mass is 881 g/mol. The predicted molar refractivity (Wildman–Crippen MR) is 213 cm³/mol. The number of sulfonamides is 1. The van der Waals surface area contributed by atoms with Crippen molar-refractivity contribution in [3.63, 3.8) is 0 Å². The Morgan fingerprint density at radius 1 is 1.08 bits per heavy atom. The fraction of sp³-hybridized carbons (Fsp3) is 0.675. The van der Waals surface area contributed by atoms with Crippen LogP contribution in [-0.4, -0.2) is 113 Å². The summed E-state index contributed by atoms with van der Waals surface area (Å²) in [5.41, 5.74) is -3.90. The second-order valence-electron chi connectivity index (χ2n) is 17.2. The number of fused-ring (bicyclic) bond motifs is 3. The number of amides is 4. The molecule has 2 aliphatic heterocycles. The van der Waals surface area contributed by atoms with Gasteiger partial charge in [0.25, 0.3) is 17.7 Å². The molecule has 4 heterocycles. The van der Waals surface area contributed by atoms with Gasteiger partial charge in [-0.05, 0) is 78.1 Å². The van der Waals surface area contributed by atoms with Crippen LogP contribution >= 0.6 is 0 Å². The van der Waals surface area contributed by atoms with Crippen LogP contribution in [0.15, 0.2) is 24.4 Å². The van der Waals surface area contributed by atoms with E-state index in [1.165, 1.54) is 20.2 Å². The Labute approximate surface area is 352 Å². The van der Waals surface area contributed by atoms with E-state index < -0.39 is 85.9 Å². The molecule has 1 saturated heterocycles. The normalized spacial score (nSPS) is 28.5. The van der Waals surface area contributed by atoms with Gasteiger partial charge in [0.2, 0.25) is 33.3 Å². The number of carbonyl (C=O) groups is 4. The zero-order valence-electron chi connectivity index (χ0n) is 35.3. The molecule has 2 aromatic heterocycles. The van der Waals surface area contributed by atoms with Crippen LogP contribution in [0.3, 0.4) is 0 Å². The lowest BCUT2D eigenvalue weighted by Crippen LogP contribution is -2.60. The molecule has 3 fully saturated rings. The van der Waals surface area contributed by atoms with Gasteiger partial charge in [-0.25, -0.2) is 28.2 Å². The SMILES string of the molecule is CCOc1nc2cc(OC)ncc2nc1O[C@@H]1C[C@H]2C(=O)N[C@]3(C(=O)NS(=O)(=O)C4(C)CC4)C[C@H]3/C=C\CC[C@@H](C)C[C@@H](CC)[C@H](NC(=O)OC(C)(C)C(F)(F)F)C(=O)N2C1. The summed E-state index contributed by atoms with van der Waals surface area (Å²) in [6, 6.07) is -1.30. The smallest absolute Gasteiger partial charge is 0.427 e. The molecule has 3 N–H and O–H groups in total. The van der Waals surface area contributed by atoms with Crippen LogP contribution in [0.1, 0.15) is 92.9 Å². The van der Waals surface area contributed by atoms with Crippen molar-refractivity contribution in [2.24, 2.45) is 17.8 Å². The number of ether oxygens (including phenoxy) is 4. The second-order valence-corrected chi connectivity index (χ2v) is 19.4. The maximum absolute atomic E-state index is 15.0. The van der Waals surface area contributed by atoms with Gasteiger partial charge in [0.1, 0.15) is 29.2 Å². The predicted octanol–water partition coefficient (Wildman–Crippen LogP) is 4.49. The summed E-state index contributed by atoms with van der Waals surface area (Å²) >= 11 is 0. The lowest BCUT2D eigenvalue weighted by Gasteiger charge is -2.35. The van der Waals surface area contributed by atoms with Crippen LogP contribution in [0.2, 0.25) is 0 Å². The Balaban J connectivity index is 1.38. The number of allylic oxidation sites excluding steroid dienone is 1. The third-order valence-electron chi connectivity index (χ3n) is 12.1. The lowest BCUT2D eigenvalue weighted by atomic mass is 9.85. The summed E-state index contributed by atoms with van der Waals surface area (Å²) in [4.78, 5) is 71.2. The fourth-order valence-electron chi connectivity index (χ4n) is 7.75. The molecule has 61 heavy (non-hydrogen) atoms. The van der Waals surface area contributed by atoms with E-state index in [1.54, 1.807) is 26.0 Å². The molecular weight excluding hydrogens is 828 g/mol. The van der Waals surface area contributed by atoms with Gasteiger partial charge in [0.05, 0.1) is 36.7 Å². The number of hydrogen-bond donors (Lipinski definition) is 3. The van der Waals surface area contributed by atoms with E-state index in [9.17, 15) is 40.8 Å². The standard InChI is InChI=1S/C40H54F3N7O10S/c1-8-23-16-22(3)12-10-11-13-24-19-39(24,35(53)49-61(55,56)38(6)14-15-38)48-31(51)28-17-25(21-50(28)34(52)30(23)47-36(54)60-37(4,5)40(41,42)43)59-33-32(58-9-2)45-26-18-29(57-7)44-20-27(26)46-33/h11,13,18,20,22-25,28,30H,8-10,12,14-17,19,21H2,1-7H3,(H,47,54)(H,48,51)(H,49,53)/b13-11-/t22-,23-,24-,25-,28+,30+,39-/m1/s1. The Morgan fingerprint density at radius 3 is 2.43 bits per heavy atom. The first kappa shape index (κ1) is 45.6. The molecule has 21 heteroatoms. The number of nitrogens with zero attached hydrogens (tertiary/aromatic N) is 4. The summed E-state index contributed by atoms with van der Waals surface area (Å²) in [7, 11) is -2.66. The molecule has 336 valence electrons. The summed E-state index contributed by atoms with van der Waals surface area (Å²) < 4.78 is 91.2. The highest BCUT2D eigenvalue weighted by molar-refractivity contribution is 7.91. The molecule has 17 nitrogen and oxygen atoms in total. The number of aromatic nitrogens is 3. The first-order chi connectivity index (χ1) is 28.6. The third kappa shape index (κ3) is 9.60. The van der Waals surface area contributed by atoms with Crippen molar-refractivity contribution in [3.8, 4) is 17.6 Å². The summed E-state index contributed by atoms with van der Waals surface area (Å²) in [6.07, 6.45) is 0.0681. The Hall–Kier alpha value is -4.95. The Kier molecular flexibility index (Phi) is 12.8. The molecule has 4 aliphatic rings. The van der Waals surface area contributed by atoms with Gasteiger partial charge in [-0.1, -0.05) is 32.4 Å². The van der Waals surface area contributed by atoms with Crippen molar-refractivity contribution in [1.29, 1.82) is 0 Å². The summed E-state index contributed by atoms with van der Waals surface area (Å²) in [6.45, 7) is 8.23. The molecule has 6 rings (SSSR count). The second kappa shape index (κ2) is 17.1. The number of halogens is 3. The molecule has 4 amide bonds. The average molecular weight is 882 g/mol. The van der Waals surface area contributed by atoms with E-state index in [0.717, 1.165) is 4.90 Å². The quantitative estimate of drug-likeness (QED) is 0.266. The molecule has 2 aliphatic carbocycles. The molecule has 0 unspecified atom stereocenters. The van der Waals surface area contributed by atoms with E-state index in [2.05, 4.69) is 30.3 Å². The van der Waals surface area contributed by atoms with Crippen LogP contribution < -0.4 is 29.6 Å². The zero-order valence-corrected chi connectivity index (χ0v) is 36.1. The van der Waals surface area contributed by atoms with Gasteiger partial charge >= 0.3 is 12.3 Å². The van der Waals surface area contributed by atoms with Gasteiger partial charge in [-0.15, -0.1) is 0 Å².